The lowest BCUT2D eigenvalue weighted by atomic mass is 9.95. The Morgan fingerprint density at radius 1 is 1.24 bits per heavy atom. The highest BCUT2D eigenvalue weighted by Crippen LogP contribution is 2.31. The molecule has 17 heavy (non-hydrogen) atoms. The molecule has 0 spiro atoms. The first-order valence-electron chi connectivity index (χ1n) is 7.16. The van der Waals surface area contributed by atoms with Crippen LogP contribution in [-0.2, 0) is 9.53 Å². The van der Waals surface area contributed by atoms with Crippen LogP contribution in [0.2, 0.25) is 0 Å². The van der Waals surface area contributed by atoms with Gasteiger partial charge in [-0.05, 0) is 25.3 Å². The van der Waals surface area contributed by atoms with E-state index >= 15 is 0 Å². The molecule has 0 amide bonds. The normalized spacial score (nSPS) is 21.2. The Hall–Kier alpha value is -0.790. The van der Waals surface area contributed by atoms with Crippen LogP contribution in [0, 0.1) is 11.8 Å². The lowest BCUT2D eigenvalue weighted by molar-refractivity contribution is -0.140. The summed E-state index contributed by atoms with van der Waals surface area (Å²) >= 11 is 0. The number of rotatable bonds is 8. The maximum Gasteiger partial charge on any atom is 0.317 e. The second kappa shape index (κ2) is 7.52. The van der Waals surface area contributed by atoms with E-state index < -0.39 is 0 Å². The van der Waals surface area contributed by atoms with Crippen LogP contribution in [0.3, 0.4) is 0 Å². The Kier molecular flexibility index (Phi) is 6.31. The van der Waals surface area contributed by atoms with Crippen LogP contribution < -0.4 is 0 Å². The molecule has 0 aromatic heterocycles. The number of hydrogen-bond donors (Lipinski definition) is 0. The van der Waals surface area contributed by atoms with Crippen molar-refractivity contribution in [2.75, 3.05) is 0 Å². The highest BCUT2D eigenvalue weighted by molar-refractivity contribution is 5.78. The van der Waals surface area contributed by atoms with Gasteiger partial charge in [-0.1, -0.05) is 46.5 Å². The topological polar surface area (TPSA) is 26.3 Å². The van der Waals surface area contributed by atoms with Gasteiger partial charge in [-0.25, -0.2) is 0 Å². The molecule has 2 atom stereocenters. The Balaban J connectivity index is 2.54. The van der Waals surface area contributed by atoms with E-state index in [2.05, 4.69) is 26.8 Å². The molecule has 0 aromatic carbocycles. The average Bonchev–Trinajstić information content (AvgIpc) is 2.69. The van der Waals surface area contributed by atoms with Crippen LogP contribution >= 0.6 is 0 Å². The second-order valence-corrected chi connectivity index (χ2v) is 4.99. The van der Waals surface area contributed by atoms with E-state index in [0.717, 1.165) is 37.9 Å². The van der Waals surface area contributed by atoms with Crippen molar-refractivity contribution in [2.45, 2.75) is 65.7 Å². The summed E-state index contributed by atoms with van der Waals surface area (Å²) in [5.74, 6) is 1.40. The SMILES string of the molecule is CCCCC1C=C(C(CC)CCCC)OC1=O. The molecule has 0 aliphatic carbocycles. The van der Waals surface area contributed by atoms with Crippen molar-refractivity contribution in [2.24, 2.45) is 11.8 Å². The van der Waals surface area contributed by atoms with Crippen molar-refractivity contribution < 1.29 is 9.53 Å². The van der Waals surface area contributed by atoms with Gasteiger partial charge in [-0.15, -0.1) is 0 Å². The number of cyclic esters (lactones) is 1. The third kappa shape index (κ3) is 4.18. The maximum absolute atomic E-state index is 11.7. The van der Waals surface area contributed by atoms with Gasteiger partial charge in [0.05, 0.1) is 5.92 Å². The van der Waals surface area contributed by atoms with E-state index in [9.17, 15) is 4.79 Å². The Morgan fingerprint density at radius 2 is 1.94 bits per heavy atom. The van der Waals surface area contributed by atoms with Gasteiger partial charge in [-0.3, -0.25) is 4.79 Å². The van der Waals surface area contributed by atoms with Gasteiger partial charge in [0.25, 0.3) is 0 Å². The van der Waals surface area contributed by atoms with Crippen molar-refractivity contribution in [1.29, 1.82) is 0 Å². The summed E-state index contributed by atoms with van der Waals surface area (Å²) in [6.07, 6.45) is 9.91. The molecule has 2 heteroatoms. The molecule has 0 saturated heterocycles. The number of unbranched alkanes of at least 4 members (excludes halogenated alkanes) is 2. The summed E-state index contributed by atoms with van der Waals surface area (Å²) in [5, 5.41) is 0. The summed E-state index contributed by atoms with van der Waals surface area (Å²) < 4.78 is 5.44. The highest BCUT2D eigenvalue weighted by atomic mass is 16.5. The van der Waals surface area contributed by atoms with E-state index in [1.165, 1.54) is 12.8 Å². The van der Waals surface area contributed by atoms with Gasteiger partial charge in [0.2, 0.25) is 0 Å². The number of ether oxygens (including phenoxy) is 1. The zero-order chi connectivity index (χ0) is 12.7. The quantitative estimate of drug-likeness (QED) is 0.584. The van der Waals surface area contributed by atoms with Crippen LogP contribution in [0.1, 0.15) is 65.7 Å². The van der Waals surface area contributed by atoms with E-state index in [1.807, 2.05) is 0 Å². The standard InChI is InChI=1S/C15H26O2/c1-4-7-9-12(6-3)14-11-13(10-8-5-2)15(16)17-14/h11-13H,4-10H2,1-3H3. The third-order valence-corrected chi connectivity index (χ3v) is 3.56. The number of hydrogen-bond acceptors (Lipinski definition) is 2. The molecule has 0 saturated carbocycles. The Labute approximate surface area is 105 Å². The monoisotopic (exact) mass is 238 g/mol. The molecular weight excluding hydrogens is 212 g/mol. The molecule has 1 aliphatic rings. The third-order valence-electron chi connectivity index (χ3n) is 3.56. The lowest BCUT2D eigenvalue weighted by Crippen LogP contribution is -2.09. The van der Waals surface area contributed by atoms with E-state index in [1.54, 1.807) is 0 Å². The Bertz CT molecular complexity index is 268. The predicted octanol–water partition coefficient (Wildman–Crippen LogP) is 4.45. The predicted molar refractivity (Wildman–Crippen MR) is 70.5 cm³/mol. The van der Waals surface area contributed by atoms with Crippen molar-refractivity contribution in [3.63, 3.8) is 0 Å². The van der Waals surface area contributed by atoms with E-state index in [0.29, 0.717) is 5.92 Å². The first kappa shape index (κ1) is 14.3. The maximum atomic E-state index is 11.7. The molecule has 0 N–H and O–H groups in total. The fourth-order valence-electron chi connectivity index (χ4n) is 2.33. The van der Waals surface area contributed by atoms with E-state index in [-0.39, 0.29) is 11.9 Å². The van der Waals surface area contributed by atoms with Crippen molar-refractivity contribution in [1.82, 2.24) is 0 Å². The molecule has 1 aliphatic heterocycles. The fraction of sp³-hybridized carbons (Fsp3) is 0.800. The molecule has 2 unspecified atom stereocenters. The summed E-state index contributed by atoms with van der Waals surface area (Å²) in [6, 6.07) is 0. The highest BCUT2D eigenvalue weighted by Gasteiger charge is 2.29. The van der Waals surface area contributed by atoms with Crippen LogP contribution in [0.5, 0.6) is 0 Å². The molecule has 0 radical (unpaired) electrons. The van der Waals surface area contributed by atoms with Gasteiger partial charge in [0.1, 0.15) is 5.76 Å². The summed E-state index contributed by atoms with van der Waals surface area (Å²) in [7, 11) is 0. The first-order chi connectivity index (χ1) is 8.22. The zero-order valence-corrected chi connectivity index (χ0v) is 11.5. The molecular formula is C15H26O2. The number of carbonyl (C=O) groups excluding carboxylic acids is 1. The molecule has 0 aromatic rings. The molecule has 1 heterocycles. The van der Waals surface area contributed by atoms with Crippen LogP contribution in [0.25, 0.3) is 0 Å². The minimum Gasteiger partial charge on any atom is -0.431 e. The van der Waals surface area contributed by atoms with Crippen molar-refractivity contribution >= 4 is 5.97 Å². The van der Waals surface area contributed by atoms with Gasteiger partial charge < -0.3 is 4.74 Å². The van der Waals surface area contributed by atoms with Crippen LogP contribution in [0.4, 0.5) is 0 Å². The molecule has 2 nitrogen and oxygen atoms in total. The summed E-state index contributed by atoms with van der Waals surface area (Å²) in [5.41, 5.74) is 0. The molecule has 0 bridgehead atoms. The smallest absolute Gasteiger partial charge is 0.317 e. The van der Waals surface area contributed by atoms with Crippen molar-refractivity contribution in [3.05, 3.63) is 11.8 Å². The minimum absolute atomic E-state index is 0.0246. The van der Waals surface area contributed by atoms with Crippen LogP contribution in [-0.4, -0.2) is 5.97 Å². The van der Waals surface area contributed by atoms with Crippen molar-refractivity contribution in [3.8, 4) is 0 Å². The lowest BCUT2D eigenvalue weighted by Gasteiger charge is -2.14. The van der Waals surface area contributed by atoms with Gasteiger partial charge in [0.15, 0.2) is 0 Å². The largest absolute Gasteiger partial charge is 0.431 e. The molecule has 1 rings (SSSR count). The Morgan fingerprint density at radius 3 is 2.53 bits per heavy atom. The molecule has 0 fully saturated rings. The first-order valence-corrected chi connectivity index (χ1v) is 7.16. The number of allylic oxidation sites excluding steroid dienone is 1. The average molecular weight is 238 g/mol. The van der Waals surface area contributed by atoms with Gasteiger partial charge >= 0.3 is 5.97 Å². The number of carbonyl (C=O) groups is 1. The van der Waals surface area contributed by atoms with Gasteiger partial charge in [-0.2, -0.15) is 0 Å². The second-order valence-electron chi connectivity index (χ2n) is 4.99. The zero-order valence-electron chi connectivity index (χ0n) is 11.5. The molecule has 98 valence electrons. The van der Waals surface area contributed by atoms with Crippen LogP contribution in [0.15, 0.2) is 11.8 Å². The summed E-state index contributed by atoms with van der Waals surface area (Å²) in [4.78, 5) is 11.7. The fourth-order valence-corrected chi connectivity index (χ4v) is 2.33. The summed E-state index contributed by atoms with van der Waals surface area (Å²) in [6.45, 7) is 6.53. The van der Waals surface area contributed by atoms with E-state index in [4.69, 9.17) is 4.74 Å². The minimum atomic E-state index is -0.0246. The number of esters is 1. The van der Waals surface area contributed by atoms with Gasteiger partial charge in [0, 0.05) is 5.92 Å².